The number of piperidine rings is 1. The topological polar surface area (TPSA) is 3.24 Å². The summed E-state index contributed by atoms with van der Waals surface area (Å²) in [5.74, 6) is 0.625. The van der Waals surface area contributed by atoms with Gasteiger partial charge in [0.2, 0.25) is 0 Å². The molecule has 0 N–H and O–H groups in total. The summed E-state index contributed by atoms with van der Waals surface area (Å²) < 4.78 is 0. The summed E-state index contributed by atoms with van der Waals surface area (Å²) in [6.07, 6.45) is 1.26. The fraction of sp³-hybridized carbons (Fsp3) is 0.333. The Morgan fingerprint density at radius 3 is 2.30 bits per heavy atom. The summed E-state index contributed by atoms with van der Waals surface area (Å²) in [5, 5.41) is 0.677. The highest BCUT2D eigenvalue weighted by Crippen LogP contribution is 2.38. The third-order valence-corrected chi connectivity index (χ3v) is 5.42. The number of likely N-dealkylation sites (N-methyl/N-ethyl adjacent to an activating group) is 1. The third kappa shape index (κ3) is 3.25. The van der Waals surface area contributed by atoms with Crippen LogP contribution in [0.3, 0.4) is 0 Å². The van der Waals surface area contributed by atoms with Gasteiger partial charge in [-0.05, 0) is 37.7 Å². The van der Waals surface area contributed by atoms with Gasteiger partial charge in [-0.25, -0.2) is 0 Å². The summed E-state index contributed by atoms with van der Waals surface area (Å²) in [6, 6.07) is 21.8. The summed E-state index contributed by atoms with van der Waals surface area (Å²) in [5.41, 5.74) is 1.48. The second kappa shape index (κ2) is 6.47. The first kappa shape index (κ1) is 13.7. The normalized spacial score (nSPS) is 23.6. The predicted octanol–water partition coefficient (Wildman–Crippen LogP) is 4.27. The van der Waals surface area contributed by atoms with Crippen LogP contribution < -0.4 is 0 Å². The average Bonchev–Trinajstić information content (AvgIpc) is 2.51. The molecule has 1 heterocycles. The molecule has 0 amide bonds. The molecule has 3 rings (SSSR count). The van der Waals surface area contributed by atoms with Crippen molar-refractivity contribution < 1.29 is 0 Å². The Kier molecular flexibility index (Phi) is 4.44. The lowest BCUT2D eigenvalue weighted by Gasteiger charge is -2.36. The van der Waals surface area contributed by atoms with Crippen molar-refractivity contribution in [1.82, 2.24) is 4.90 Å². The quantitative estimate of drug-likeness (QED) is 0.827. The molecule has 0 spiro atoms. The van der Waals surface area contributed by atoms with Gasteiger partial charge in [-0.15, -0.1) is 11.8 Å². The van der Waals surface area contributed by atoms with Crippen LogP contribution in [0.2, 0.25) is 0 Å². The van der Waals surface area contributed by atoms with Crippen LogP contribution in [0.5, 0.6) is 0 Å². The van der Waals surface area contributed by atoms with Crippen LogP contribution in [0.25, 0.3) is 0 Å². The van der Waals surface area contributed by atoms with E-state index in [0.29, 0.717) is 11.2 Å². The van der Waals surface area contributed by atoms with Crippen molar-refractivity contribution in [3.05, 3.63) is 66.2 Å². The molecule has 0 saturated carbocycles. The van der Waals surface area contributed by atoms with E-state index < -0.39 is 0 Å². The molecule has 2 atom stereocenters. The predicted molar refractivity (Wildman–Crippen MR) is 87.4 cm³/mol. The third-order valence-electron chi connectivity index (χ3n) is 4.01. The summed E-state index contributed by atoms with van der Waals surface area (Å²) in [7, 11) is 2.24. The molecule has 2 unspecified atom stereocenters. The zero-order chi connectivity index (χ0) is 13.8. The Morgan fingerprint density at radius 1 is 0.950 bits per heavy atom. The van der Waals surface area contributed by atoms with Gasteiger partial charge in [0.25, 0.3) is 0 Å². The second-order valence-corrected chi connectivity index (χ2v) is 6.85. The molecule has 1 aliphatic rings. The molecule has 20 heavy (non-hydrogen) atoms. The number of likely N-dealkylation sites (tertiary alicyclic amines) is 1. The monoisotopic (exact) mass is 283 g/mol. The van der Waals surface area contributed by atoms with Crippen LogP contribution in [0.4, 0.5) is 0 Å². The number of benzene rings is 2. The summed E-state index contributed by atoms with van der Waals surface area (Å²) >= 11 is 2.04. The maximum absolute atomic E-state index is 2.46. The van der Waals surface area contributed by atoms with Gasteiger partial charge in [0.15, 0.2) is 0 Å². The highest BCUT2D eigenvalue weighted by atomic mass is 32.2. The Hall–Kier alpha value is -1.25. The zero-order valence-corrected chi connectivity index (χ0v) is 12.7. The van der Waals surface area contributed by atoms with Crippen molar-refractivity contribution in [3.8, 4) is 0 Å². The van der Waals surface area contributed by atoms with E-state index in [1.54, 1.807) is 0 Å². The van der Waals surface area contributed by atoms with Crippen molar-refractivity contribution in [3.63, 3.8) is 0 Å². The number of nitrogens with zero attached hydrogens (tertiary/aromatic N) is 1. The minimum absolute atomic E-state index is 0.625. The lowest BCUT2D eigenvalue weighted by atomic mass is 9.90. The van der Waals surface area contributed by atoms with Crippen molar-refractivity contribution in [1.29, 1.82) is 0 Å². The number of thioether (sulfide) groups is 1. The second-order valence-electron chi connectivity index (χ2n) is 5.54. The minimum Gasteiger partial charge on any atom is -0.306 e. The SMILES string of the molecule is CN1CCC(Sc2ccccc2)C(c2ccccc2)C1. The van der Waals surface area contributed by atoms with Crippen molar-refractivity contribution in [2.45, 2.75) is 22.5 Å². The van der Waals surface area contributed by atoms with E-state index in [4.69, 9.17) is 0 Å². The first-order chi connectivity index (χ1) is 9.83. The highest BCUT2D eigenvalue weighted by Gasteiger charge is 2.29. The molecule has 0 bridgehead atoms. The fourth-order valence-electron chi connectivity index (χ4n) is 2.93. The molecule has 1 saturated heterocycles. The molecule has 1 aliphatic heterocycles. The van der Waals surface area contributed by atoms with Crippen LogP contribution in [-0.4, -0.2) is 30.3 Å². The molecule has 0 radical (unpaired) electrons. The largest absolute Gasteiger partial charge is 0.306 e. The van der Waals surface area contributed by atoms with Crippen LogP contribution in [0.1, 0.15) is 17.9 Å². The van der Waals surface area contributed by atoms with Gasteiger partial charge in [0.1, 0.15) is 0 Å². The Balaban J connectivity index is 1.80. The smallest absolute Gasteiger partial charge is 0.0187 e. The average molecular weight is 283 g/mol. The Labute approximate surface area is 126 Å². The van der Waals surface area contributed by atoms with Crippen molar-refractivity contribution >= 4 is 11.8 Å². The van der Waals surface area contributed by atoms with Crippen LogP contribution in [-0.2, 0) is 0 Å². The van der Waals surface area contributed by atoms with E-state index in [1.807, 2.05) is 11.8 Å². The van der Waals surface area contributed by atoms with Crippen molar-refractivity contribution in [2.24, 2.45) is 0 Å². The highest BCUT2D eigenvalue weighted by molar-refractivity contribution is 8.00. The molecule has 0 aromatic heterocycles. The van der Waals surface area contributed by atoms with Gasteiger partial charge in [-0.3, -0.25) is 0 Å². The Morgan fingerprint density at radius 2 is 1.60 bits per heavy atom. The van der Waals surface area contributed by atoms with Crippen LogP contribution in [0, 0.1) is 0 Å². The molecule has 1 nitrogen and oxygen atoms in total. The van der Waals surface area contributed by atoms with E-state index in [1.165, 1.54) is 23.4 Å². The maximum atomic E-state index is 2.46. The molecule has 2 heteroatoms. The summed E-state index contributed by atoms with van der Waals surface area (Å²) in [4.78, 5) is 3.85. The van der Waals surface area contributed by atoms with Gasteiger partial charge in [0, 0.05) is 22.6 Å². The lowest BCUT2D eigenvalue weighted by molar-refractivity contribution is 0.256. The van der Waals surface area contributed by atoms with Crippen molar-refractivity contribution in [2.75, 3.05) is 20.1 Å². The van der Waals surface area contributed by atoms with Gasteiger partial charge >= 0.3 is 0 Å². The van der Waals surface area contributed by atoms with E-state index >= 15 is 0 Å². The number of hydrogen-bond acceptors (Lipinski definition) is 2. The first-order valence-electron chi connectivity index (χ1n) is 7.28. The lowest BCUT2D eigenvalue weighted by Crippen LogP contribution is -2.38. The van der Waals surface area contributed by atoms with Crippen LogP contribution in [0.15, 0.2) is 65.6 Å². The molecule has 0 aliphatic carbocycles. The molecule has 1 fully saturated rings. The standard InChI is InChI=1S/C18H21NS/c1-19-13-12-18(20-16-10-6-3-7-11-16)17(14-19)15-8-4-2-5-9-15/h2-11,17-18H,12-14H2,1H3. The van der Waals surface area contributed by atoms with Gasteiger partial charge in [-0.2, -0.15) is 0 Å². The minimum atomic E-state index is 0.625. The Bertz CT molecular complexity index is 526. The van der Waals surface area contributed by atoms with Gasteiger partial charge < -0.3 is 4.90 Å². The van der Waals surface area contributed by atoms with Crippen LogP contribution >= 0.6 is 11.8 Å². The molecule has 2 aromatic rings. The molecule has 104 valence electrons. The molecular weight excluding hydrogens is 262 g/mol. The fourth-order valence-corrected chi connectivity index (χ4v) is 4.22. The number of hydrogen-bond donors (Lipinski definition) is 0. The maximum Gasteiger partial charge on any atom is 0.0187 e. The van der Waals surface area contributed by atoms with E-state index in [9.17, 15) is 0 Å². The van der Waals surface area contributed by atoms with Gasteiger partial charge in [0.05, 0.1) is 0 Å². The summed E-state index contributed by atoms with van der Waals surface area (Å²) in [6.45, 7) is 2.36. The van der Waals surface area contributed by atoms with Gasteiger partial charge in [-0.1, -0.05) is 48.5 Å². The number of rotatable bonds is 3. The zero-order valence-electron chi connectivity index (χ0n) is 11.9. The molecular formula is C18H21NS. The van der Waals surface area contributed by atoms with E-state index in [-0.39, 0.29) is 0 Å². The molecule has 2 aromatic carbocycles. The van der Waals surface area contributed by atoms with E-state index in [0.717, 1.165) is 6.54 Å². The first-order valence-corrected chi connectivity index (χ1v) is 8.16. The van der Waals surface area contributed by atoms with E-state index in [2.05, 4.69) is 72.6 Å².